The maximum absolute atomic E-state index is 13.2. The van der Waals surface area contributed by atoms with Crippen LogP contribution < -0.4 is 5.32 Å². The van der Waals surface area contributed by atoms with Crippen molar-refractivity contribution in [2.45, 2.75) is 20.8 Å². The van der Waals surface area contributed by atoms with Crippen LogP contribution >= 0.6 is 0 Å². The Morgan fingerprint density at radius 3 is 2.17 bits per heavy atom. The molecule has 2 aromatic carbocycles. The third-order valence-corrected chi connectivity index (χ3v) is 4.86. The molecule has 0 spiro atoms. The first-order valence-electron chi connectivity index (χ1n) is 9.40. The molecule has 0 aliphatic heterocycles. The van der Waals surface area contributed by atoms with E-state index in [4.69, 9.17) is 4.98 Å². The van der Waals surface area contributed by atoms with Crippen molar-refractivity contribution < 1.29 is 9.59 Å². The highest BCUT2D eigenvalue weighted by Gasteiger charge is 2.21. The minimum atomic E-state index is -0.255. The molecule has 0 aliphatic rings. The lowest BCUT2D eigenvalue weighted by Gasteiger charge is -2.08. The quantitative estimate of drug-likeness (QED) is 0.500. The van der Waals surface area contributed by atoms with Crippen LogP contribution in [0.4, 0.5) is 5.69 Å². The average molecular weight is 383 g/mol. The van der Waals surface area contributed by atoms with Crippen LogP contribution in [-0.4, -0.2) is 21.1 Å². The number of pyridine rings is 1. The van der Waals surface area contributed by atoms with E-state index in [0.717, 1.165) is 16.7 Å². The Bertz CT molecular complexity index is 1220. The van der Waals surface area contributed by atoms with E-state index in [1.165, 1.54) is 6.92 Å². The summed E-state index contributed by atoms with van der Waals surface area (Å²) < 4.78 is 1.82. The van der Waals surface area contributed by atoms with E-state index in [-0.39, 0.29) is 11.7 Å². The molecule has 5 nitrogen and oxygen atoms in total. The molecule has 2 aromatic heterocycles. The Morgan fingerprint density at radius 2 is 1.52 bits per heavy atom. The number of amides is 1. The molecule has 1 N–H and O–H groups in total. The summed E-state index contributed by atoms with van der Waals surface area (Å²) in [6.45, 7) is 5.52. The van der Waals surface area contributed by atoms with Gasteiger partial charge < -0.3 is 5.32 Å². The highest BCUT2D eigenvalue weighted by Crippen LogP contribution is 2.26. The normalized spacial score (nSPS) is 10.9. The second-order valence-corrected chi connectivity index (χ2v) is 7.20. The highest BCUT2D eigenvalue weighted by atomic mass is 16.2. The molecule has 0 aliphatic carbocycles. The second kappa shape index (κ2) is 7.36. The molecule has 0 unspecified atom stereocenters. The number of ketones is 1. The molecule has 5 heteroatoms. The lowest BCUT2D eigenvalue weighted by molar-refractivity contribution is 0.101. The standard InChI is InChI=1S/C24H21N3O2/c1-15-4-7-19(8-5-15)22-23(27-14-16(2)6-13-21(27)26-22)24(29)25-20-11-9-18(10-12-20)17(3)28/h4-14H,1-3H3,(H,25,29). The maximum Gasteiger partial charge on any atom is 0.274 e. The monoisotopic (exact) mass is 383 g/mol. The van der Waals surface area contributed by atoms with Crippen molar-refractivity contribution in [1.82, 2.24) is 9.38 Å². The van der Waals surface area contributed by atoms with Gasteiger partial charge in [-0.1, -0.05) is 35.9 Å². The zero-order chi connectivity index (χ0) is 20.5. The Hall–Kier alpha value is -3.73. The Kier molecular flexibility index (Phi) is 4.72. The van der Waals surface area contributed by atoms with E-state index in [1.54, 1.807) is 24.3 Å². The van der Waals surface area contributed by atoms with E-state index in [2.05, 4.69) is 5.32 Å². The molecule has 4 rings (SSSR count). The predicted molar refractivity (Wildman–Crippen MR) is 115 cm³/mol. The Balaban J connectivity index is 1.79. The van der Waals surface area contributed by atoms with Gasteiger partial charge in [0.15, 0.2) is 5.78 Å². The molecule has 0 saturated carbocycles. The number of carbonyl (C=O) groups is 2. The highest BCUT2D eigenvalue weighted by molar-refractivity contribution is 6.08. The fourth-order valence-electron chi connectivity index (χ4n) is 3.26. The van der Waals surface area contributed by atoms with Gasteiger partial charge in [0.25, 0.3) is 5.91 Å². The summed E-state index contributed by atoms with van der Waals surface area (Å²) in [6.07, 6.45) is 1.91. The lowest BCUT2D eigenvalue weighted by Crippen LogP contribution is -2.15. The molecule has 0 fully saturated rings. The van der Waals surface area contributed by atoms with Gasteiger partial charge in [0.05, 0.1) is 0 Å². The summed E-state index contributed by atoms with van der Waals surface area (Å²) in [5.41, 5.74) is 6.11. The topological polar surface area (TPSA) is 63.5 Å². The van der Waals surface area contributed by atoms with Gasteiger partial charge in [-0.15, -0.1) is 0 Å². The van der Waals surface area contributed by atoms with Crippen LogP contribution in [0.25, 0.3) is 16.9 Å². The summed E-state index contributed by atoms with van der Waals surface area (Å²) in [4.78, 5) is 29.4. The van der Waals surface area contributed by atoms with Crippen LogP contribution in [0.3, 0.4) is 0 Å². The van der Waals surface area contributed by atoms with Crippen LogP contribution in [0.5, 0.6) is 0 Å². The molecule has 0 atom stereocenters. The number of fused-ring (bicyclic) bond motifs is 1. The van der Waals surface area contributed by atoms with Gasteiger partial charge in [-0.05, 0) is 56.7 Å². The first-order valence-corrected chi connectivity index (χ1v) is 9.40. The van der Waals surface area contributed by atoms with Crippen LogP contribution in [0.1, 0.15) is 38.9 Å². The van der Waals surface area contributed by atoms with Gasteiger partial charge in [-0.2, -0.15) is 0 Å². The molecule has 0 bridgehead atoms. The van der Waals surface area contributed by atoms with Gasteiger partial charge in [-0.25, -0.2) is 4.98 Å². The minimum Gasteiger partial charge on any atom is -0.321 e. The number of imidazole rings is 1. The van der Waals surface area contributed by atoms with Gasteiger partial charge >= 0.3 is 0 Å². The number of carbonyl (C=O) groups excluding carboxylic acids is 2. The van der Waals surface area contributed by atoms with Gasteiger partial charge in [-0.3, -0.25) is 14.0 Å². The summed E-state index contributed by atoms with van der Waals surface area (Å²) in [7, 11) is 0. The molecule has 29 heavy (non-hydrogen) atoms. The minimum absolute atomic E-state index is 0.0122. The molecule has 1 amide bonds. The molecular weight excluding hydrogens is 362 g/mol. The summed E-state index contributed by atoms with van der Waals surface area (Å²) in [5.74, 6) is -0.268. The van der Waals surface area contributed by atoms with E-state index >= 15 is 0 Å². The second-order valence-electron chi connectivity index (χ2n) is 7.20. The van der Waals surface area contributed by atoms with E-state index < -0.39 is 0 Å². The zero-order valence-electron chi connectivity index (χ0n) is 16.6. The maximum atomic E-state index is 13.2. The number of anilines is 1. The van der Waals surface area contributed by atoms with E-state index in [1.807, 2.05) is 60.8 Å². The van der Waals surface area contributed by atoms with Crippen molar-refractivity contribution in [2.75, 3.05) is 5.32 Å². The van der Waals surface area contributed by atoms with Gasteiger partial charge in [0.1, 0.15) is 17.0 Å². The number of Topliss-reactive ketones (excluding diaryl/α,β-unsaturated/α-hetero) is 1. The SMILES string of the molecule is CC(=O)c1ccc(NC(=O)c2c(-c3ccc(C)cc3)nc3ccc(C)cn23)cc1. The number of hydrogen-bond donors (Lipinski definition) is 1. The largest absolute Gasteiger partial charge is 0.321 e. The Morgan fingerprint density at radius 1 is 0.862 bits per heavy atom. The van der Waals surface area contributed by atoms with Crippen molar-refractivity contribution in [3.63, 3.8) is 0 Å². The van der Waals surface area contributed by atoms with Crippen molar-refractivity contribution in [3.05, 3.63) is 89.2 Å². The molecule has 0 radical (unpaired) electrons. The van der Waals surface area contributed by atoms with E-state index in [0.29, 0.717) is 28.3 Å². The van der Waals surface area contributed by atoms with Crippen LogP contribution in [0, 0.1) is 13.8 Å². The number of rotatable bonds is 4. The van der Waals surface area contributed by atoms with Crippen LogP contribution in [-0.2, 0) is 0 Å². The molecule has 0 saturated heterocycles. The fraction of sp³-hybridized carbons (Fsp3) is 0.125. The number of nitrogens with one attached hydrogen (secondary N) is 1. The van der Waals surface area contributed by atoms with Gasteiger partial charge in [0, 0.05) is 23.0 Å². The lowest BCUT2D eigenvalue weighted by atomic mass is 10.1. The molecule has 4 aromatic rings. The van der Waals surface area contributed by atoms with Crippen molar-refractivity contribution >= 4 is 23.0 Å². The first kappa shape index (κ1) is 18.6. The molecular formula is C24H21N3O2. The zero-order valence-corrected chi connectivity index (χ0v) is 16.6. The summed E-state index contributed by atoms with van der Waals surface area (Å²) in [6, 6.07) is 18.7. The van der Waals surface area contributed by atoms with Crippen molar-refractivity contribution in [2.24, 2.45) is 0 Å². The number of aryl methyl sites for hydroxylation is 2. The third-order valence-electron chi connectivity index (χ3n) is 4.86. The molecule has 144 valence electrons. The molecule has 2 heterocycles. The summed E-state index contributed by atoms with van der Waals surface area (Å²) >= 11 is 0. The third kappa shape index (κ3) is 3.67. The number of aromatic nitrogens is 2. The summed E-state index contributed by atoms with van der Waals surface area (Å²) in [5, 5.41) is 2.93. The fourth-order valence-corrected chi connectivity index (χ4v) is 3.26. The van der Waals surface area contributed by atoms with Crippen molar-refractivity contribution in [3.8, 4) is 11.3 Å². The van der Waals surface area contributed by atoms with Crippen molar-refractivity contribution in [1.29, 1.82) is 0 Å². The number of benzene rings is 2. The average Bonchev–Trinajstić information content (AvgIpc) is 3.07. The van der Waals surface area contributed by atoms with E-state index in [9.17, 15) is 9.59 Å². The van der Waals surface area contributed by atoms with Crippen LogP contribution in [0.15, 0.2) is 66.9 Å². The van der Waals surface area contributed by atoms with Crippen LogP contribution in [0.2, 0.25) is 0 Å². The predicted octanol–water partition coefficient (Wildman–Crippen LogP) is 5.07. The smallest absolute Gasteiger partial charge is 0.274 e. The van der Waals surface area contributed by atoms with Gasteiger partial charge in [0.2, 0.25) is 0 Å². The first-order chi connectivity index (χ1) is 13.9. The number of nitrogens with zero attached hydrogens (tertiary/aromatic N) is 2. The Labute approximate surface area is 169 Å². The number of hydrogen-bond acceptors (Lipinski definition) is 3.